The van der Waals surface area contributed by atoms with Crippen molar-refractivity contribution in [2.75, 3.05) is 0 Å². The molecule has 1 aromatic rings. The van der Waals surface area contributed by atoms with Crippen LogP contribution in [0.4, 0.5) is 4.39 Å². The summed E-state index contributed by atoms with van der Waals surface area (Å²) in [6.45, 7) is 1.53. The van der Waals surface area contributed by atoms with Crippen LogP contribution >= 0.6 is 15.9 Å². The summed E-state index contributed by atoms with van der Waals surface area (Å²) in [5.74, 6) is -1.47. The molecule has 0 aliphatic rings. The fourth-order valence-corrected chi connectivity index (χ4v) is 1.60. The van der Waals surface area contributed by atoms with E-state index in [1.807, 2.05) is 0 Å². The first kappa shape index (κ1) is 12.0. The Morgan fingerprint density at radius 1 is 1.40 bits per heavy atom. The Balaban J connectivity index is 2.95. The highest BCUT2D eigenvalue weighted by atomic mass is 79.9. The molecule has 0 saturated heterocycles. The van der Waals surface area contributed by atoms with E-state index >= 15 is 0 Å². The van der Waals surface area contributed by atoms with Crippen LogP contribution in [0.1, 0.15) is 23.7 Å². The molecule has 0 bridgehead atoms. The lowest BCUT2D eigenvalue weighted by molar-refractivity contribution is -0.121. The van der Waals surface area contributed by atoms with Gasteiger partial charge in [-0.2, -0.15) is 0 Å². The zero-order chi connectivity index (χ0) is 11.4. The predicted molar refractivity (Wildman–Crippen MR) is 58.7 cm³/mol. The van der Waals surface area contributed by atoms with Crippen LogP contribution < -0.4 is 0 Å². The molecular weight excluding hydrogens is 263 g/mol. The van der Waals surface area contributed by atoms with Crippen LogP contribution in [-0.2, 0) is 4.79 Å². The molecular formula is C11H10BrFO2. The van der Waals surface area contributed by atoms with Crippen molar-refractivity contribution in [3.63, 3.8) is 0 Å². The lowest BCUT2D eigenvalue weighted by atomic mass is 10.0. The fraction of sp³-hybridized carbons (Fsp3) is 0.273. The van der Waals surface area contributed by atoms with Crippen LogP contribution in [0.5, 0.6) is 0 Å². The summed E-state index contributed by atoms with van der Waals surface area (Å²) in [6.07, 6.45) is -2.02. The van der Waals surface area contributed by atoms with E-state index in [0.717, 1.165) is 0 Å². The van der Waals surface area contributed by atoms with Gasteiger partial charge >= 0.3 is 0 Å². The summed E-state index contributed by atoms with van der Waals surface area (Å²) < 4.78 is 13.8. The molecule has 0 radical (unpaired) electrons. The van der Waals surface area contributed by atoms with Crippen LogP contribution in [0.3, 0.4) is 0 Å². The summed E-state index contributed by atoms with van der Waals surface area (Å²) in [5.41, 5.74) is 0.201. The molecule has 4 heteroatoms. The molecule has 0 aliphatic heterocycles. The Hall–Kier alpha value is -1.03. The van der Waals surface area contributed by atoms with Crippen LogP contribution in [0.25, 0.3) is 0 Å². The molecule has 0 amide bonds. The number of carbonyl (C=O) groups excluding carboxylic acids is 2. The van der Waals surface area contributed by atoms with Crippen LogP contribution in [-0.4, -0.2) is 17.7 Å². The van der Waals surface area contributed by atoms with E-state index in [-0.39, 0.29) is 12.0 Å². The maximum absolute atomic E-state index is 13.3. The number of carbonyl (C=O) groups is 2. The zero-order valence-corrected chi connectivity index (χ0v) is 9.75. The Morgan fingerprint density at radius 2 is 2.00 bits per heavy atom. The molecule has 2 nitrogen and oxygen atoms in total. The van der Waals surface area contributed by atoms with Crippen LogP contribution in [0.15, 0.2) is 28.7 Å². The topological polar surface area (TPSA) is 34.1 Å². The molecule has 1 unspecified atom stereocenters. The van der Waals surface area contributed by atoms with Crippen molar-refractivity contribution < 1.29 is 14.0 Å². The fourth-order valence-electron chi connectivity index (χ4n) is 1.12. The molecule has 0 aromatic heterocycles. The second-order valence-electron chi connectivity index (χ2n) is 3.03. The van der Waals surface area contributed by atoms with Gasteiger partial charge in [0.2, 0.25) is 12.0 Å². The van der Waals surface area contributed by atoms with Crippen LogP contribution in [0.2, 0.25) is 0 Å². The average molecular weight is 273 g/mol. The Labute approximate surface area is 95.6 Å². The van der Waals surface area contributed by atoms with Crippen molar-refractivity contribution >= 4 is 27.5 Å². The number of hydrogen-bond acceptors (Lipinski definition) is 2. The van der Waals surface area contributed by atoms with E-state index in [4.69, 9.17) is 0 Å². The van der Waals surface area contributed by atoms with Crippen molar-refractivity contribution in [1.82, 2.24) is 0 Å². The molecule has 0 saturated carbocycles. The number of hydrogen-bond donors (Lipinski definition) is 0. The van der Waals surface area contributed by atoms with Gasteiger partial charge in [0.1, 0.15) is 0 Å². The third kappa shape index (κ3) is 2.72. The SMILES string of the molecule is CCC(=O)C(F)C(=O)c1ccccc1Br. The van der Waals surface area contributed by atoms with Crippen molar-refractivity contribution in [2.45, 2.75) is 19.5 Å². The van der Waals surface area contributed by atoms with Gasteiger partial charge in [0.05, 0.1) is 0 Å². The third-order valence-corrected chi connectivity index (χ3v) is 2.69. The number of rotatable bonds is 4. The minimum Gasteiger partial charge on any atom is -0.296 e. The molecule has 0 spiro atoms. The van der Waals surface area contributed by atoms with E-state index in [0.29, 0.717) is 4.47 Å². The van der Waals surface area contributed by atoms with Gasteiger partial charge in [-0.3, -0.25) is 9.59 Å². The van der Waals surface area contributed by atoms with Gasteiger partial charge < -0.3 is 0 Å². The van der Waals surface area contributed by atoms with Gasteiger partial charge in [0.25, 0.3) is 0 Å². The highest BCUT2D eigenvalue weighted by Gasteiger charge is 2.26. The highest BCUT2D eigenvalue weighted by molar-refractivity contribution is 9.10. The standard InChI is InChI=1S/C11H10BrFO2/c1-2-9(14)10(13)11(15)7-5-3-4-6-8(7)12/h3-6,10H,2H2,1H3. The van der Waals surface area contributed by atoms with E-state index < -0.39 is 17.7 Å². The smallest absolute Gasteiger partial charge is 0.220 e. The van der Waals surface area contributed by atoms with Gasteiger partial charge in [-0.1, -0.05) is 41.1 Å². The number of Topliss-reactive ketones (excluding diaryl/α,β-unsaturated/α-hetero) is 2. The number of ketones is 2. The Morgan fingerprint density at radius 3 is 2.53 bits per heavy atom. The van der Waals surface area contributed by atoms with Crippen molar-refractivity contribution in [3.05, 3.63) is 34.3 Å². The molecule has 1 rings (SSSR count). The first-order chi connectivity index (χ1) is 7.07. The van der Waals surface area contributed by atoms with E-state index in [2.05, 4.69) is 15.9 Å². The molecule has 0 fully saturated rings. The summed E-state index contributed by atoms with van der Waals surface area (Å²) in [7, 11) is 0. The molecule has 0 aliphatic carbocycles. The average Bonchev–Trinajstić information content (AvgIpc) is 2.26. The van der Waals surface area contributed by atoms with Gasteiger partial charge in [-0.15, -0.1) is 0 Å². The van der Waals surface area contributed by atoms with Gasteiger partial charge in [-0.05, 0) is 6.07 Å². The first-order valence-electron chi connectivity index (χ1n) is 4.53. The quantitative estimate of drug-likeness (QED) is 0.624. The summed E-state index contributed by atoms with van der Waals surface area (Å²) in [6, 6.07) is 6.47. The normalized spacial score (nSPS) is 12.2. The monoisotopic (exact) mass is 272 g/mol. The minimum absolute atomic E-state index is 0.0252. The van der Waals surface area contributed by atoms with Crippen molar-refractivity contribution in [2.24, 2.45) is 0 Å². The van der Waals surface area contributed by atoms with E-state index in [1.54, 1.807) is 18.2 Å². The third-order valence-electron chi connectivity index (χ3n) is 2.00. The van der Waals surface area contributed by atoms with Gasteiger partial charge in [-0.25, -0.2) is 4.39 Å². The Bertz CT molecular complexity index is 390. The molecule has 1 aromatic carbocycles. The highest BCUT2D eigenvalue weighted by Crippen LogP contribution is 2.19. The molecule has 0 N–H and O–H groups in total. The lowest BCUT2D eigenvalue weighted by Crippen LogP contribution is -2.25. The minimum atomic E-state index is -2.05. The van der Waals surface area contributed by atoms with Crippen LogP contribution in [0, 0.1) is 0 Å². The lowest BCUT2D eigenvalue weighted by Gasteiger charge is -2.06. The van der Waals surface area contributed by atoms with Crippen molar-refractivity contribution in [1.29, 1.82) is 0 Å². The summed E-state index contributed by atoms with van der Waals surface area (Å²) >= 11 is 3.14. The number of benzene rings is 1. The molecule has 15 heavy (non-hydrogen) atoms. The maximum atomic E-state index is 13.3. The maximum Gasteiger partial charge on any atom is 0.220 e. The second kappa shape index (κ2) is 5.16. The molecule has 80 valence electrons. The van der Waals surface area contributed by atoms with Gasteiger partial charge in [0, 0.05) is 16.5 Å². The van der Waals surface area contributed by atoms with Gasteiger partial charge in [0.15, 0.2) is 5.78 Å². The number of alkyl halides is 1. The summed E-state index contributed by atoms with van der Waals surface area (Å²) in [4.78, 5) is 22.6. The largest absolute Gasteiger partial charge is 0.296 e. The second-order valence-corrected chi connectivity index (χ2v) is 3.88. The summed E-state index contributed by atoms with van der Waals surface area (Å²) in [5, 5.41) is 0. The zero-order valence-electron chi connectivity index (χ0n) is 8.17. The van der Waals surface area contributed by atoms with E-state index in [9.17, 15) is 14.0 Å². The first-order valence-corrected chi connectivity index (χ1v) is 5.32. The van der Waals surface area contributed by atoms with E-state index in [1.165, 1.54) is 13.0 Å². The molecule has 1 atom stereocenters. The predicted octanol–water partition coefficient (Wildman–Crippen LogP) is 2.95. The number of halogens is 2. The Kier molecular flexibility index (Phi) is 4.15. The van der Waals surface area contributed by atoms with Crippen molar-refractivity contribution in [3.8, 4) is 0 Å². The molecule has 0 heterocycles.